The molecule has 0 bridgehead atoms. The van der Waals surface area contributed by atoms with Crippen LogP contribution in [0.3, 0.4) is 0 Å². The summed E-state index contributed by atoms with van der Waals surface area (Å²) < 4.78 is 1.64. The van der Waals surface area contributed by atoms with Crippen LogP contribution in [0.2, 0.25) is 0 Å². The first-order valence-electron chi connectivity index (χ1n) is 8.25. The maximum absolute atomic E-state index is 12.4. The SMILES string of the molecule is CC(C)Cc1ccc([C@H](NC(=O)c2cnn(C)c2)C(C)C)cc1. The second-order valence-electron chi connectivity index (χ2n) is 6.94. The fourth-order valence-corrected chi connectivity index (χ4v) is 2.73. The molecule has 0 radical (unpaired) electrons. The number of amides is 1. The molecule has 1 N–H and O–H groups in total. The zero-order valence-electron chi connectivity index (χ0n) is 14.7. The van der Waals surface area contributed by atoms with E-state index < -0.39 is 0 Å². The van der Waals surface area contributed by atoms with Gasteiger partial charge in [0.2, 0.25) is 0 Å². The third-order valence-electron chi connectivity index (χ3n) is 3.90. The molecule has 0 spiro atoms. The quantitative estimate of drug-likeness (QED) is 0.883. The van der Waals surface area contributed by atoms with Crippen LogP contribution in [-0.4, -0.2) is 15.7 Å². The van der Waals surface area contributed by atoms with Crippen molar-refractivity contribution in [2.24, 2.45) is 18.9 Å². The largest absolute Gasteiger partial charge is 0.345 e. The van der Waals surface area contributed by atoms with Gasteiger partial charge in [0.05, 0.1) is 17.8 Å². The van der Waals surface area contributed by atoms with Crippen molar-refractivity contribution in [3.8, 4) is 0 Å². The van der Waals surface area contributed by atoms with E-state index in [1.807, 2.05) is 7.05 Å². The van der Waals surface area contributed by atoms with Gasteiger partial charge in [0, 0.05) is 13.2 Å². The zero-order valence-corrected chi connectivity index (χ0v) is 14.7. The molecule has 124 valence electrons. The van der Waals surface area contributed by atoms with Gasteiger partial charge in [-0.05, 0) is 29.4 Å². The molecule has 2 rings (SSSR count). The van der Waals surface area contributed by atoms with Crippen LogP contribution >= 0.6 is 0 Å². The maximum atomic E-state index is 12.4. The topological polar surface area (TPSA) is 46.9 Å². The average molecular weight is 313 g/mol. The molecular weight excluding hydrogens is 286 g/mol. The van der Waals surface area contributed by atoms with E-state index >= 15 is 0 Å². The minimum atomic E-state index is -0.0805. The number of nitrogens with zero attached hydrogens (tertiary/aromatic N) is 2. The Hall–Kier alpha value is -2.10. The first kappa shape index (κ1) is 17.3. The molecule has 1 heterocycles. The monoisotopic (exact) mass is 313 g/mol. The van der Waals surface area contributed by atoms with Gasteiger partial charge in [0.1, 0.15) is 0 Å². The van der Waals surface area contributed by atoms with Gasteiger partial charge >= 0.3 is 0 Å². The molecular formula is C19H27N3O. The summed E-state index contributed by atoms with van der Waals surface area (Å²) in [4.78, 5) is 12.4. The molecule has 0 aliphatic heterocycles. The van der Waals surface area contributed by atoms with Crippen molar-refractivity contribution in [2.75, 3.05) is 0 Å². The summed E-state index contributed by atoms with van der Waals surface area (Å²) in [5, 5.41) is 7.19. The van der Waals surface area contributed by atoms with Gasteiger partial charge in [-0.15, -0.1) is 0 Å². The minimum absolute atomic E-state index is 0.00388. The van der Waals surface area contributed by atoms with Crippen LogP contribution in [0.25, 0.3) is 0 Å². The predicted octanol–water partition coefficient (Wildman–Crippen LogP) is 3.75. The van der Waals surface area contributed by atoms with Crippen molar-refractivity contribution in [1.29, 1.82) is 0 Å². The third-order valence-corrected chi connectivity index (χ3v) is 3.90. The Morgan fingerprint density at radius 3 is 2.30 bits per heavy atom. The molecule has 0 aliphatic carbocycles. The van der Waals surface area contributed by atoms with Crippen LogP contribution in [0.5, 0.6) is 0 Å². The van der Waals surface area contributed by atoms with E-state index in [1.165, 1.54) is 5.56 Å². The number of rotatable bonds is 6. The molecule has 1 aromatic carbocycles. The van der Waals surface area contributed by atoms with Gasteiger partial charge in [0.15, 0.2) is 0 Å². The van der Waals surface area contributed by atoms with E-state index in [1.54, 1.807) is 17.1 Å². The Kier molecular flexibility index (Phi) is 5.59. The van der Waals surface area contributed by atoms with Gasteiger partial charge in [-0.25, -0.2) is 0 Å². The summed E-state index contributed by atoms with van der Waals surface area (Å²) in [6.07, 6.45) is 4.41. The molecule has 1 aromatic heterocycles. The fourth-order valence-electron chi connectivity index (χ4n) is 2.73. The van der Waals surface area contributed by atoms with Crippen molar-refractivity contribution in [2.45, 2.75) is 40.2 Å². The molecule has 1 atom stereocenters. The van der Waals surface area contributed by atoms with E-state index in [2.05, 4.69) is 62.4 Å². The van der Waals surface area contributed by atoms with E-state index in [0.29, 0.717) is 17.4 Å². The van der Waals surface area contributed by atoms with Crippen LogP contribution in [-0.2, 0) is 13.5 Å². The normalized spacial score (nSPS) is 12.7. The first-order valence-corrected chi connectivity index (χ1v) is 8.25. The molecule has 23 heavy (non-hydrogen) atoms. The van der Waals surface area contributed by atoms with Gasteiger partial charge < -0.3 is 5.32 Å². The highest BCUT2D eigenvalue weighted by atomic mass is 16.1. The minimum Gasteiger partial charge on any atom is -0.345 e. The van der Waals surface area contributed by atoms with Crippen LogP contribution < -0.4 is 5.32 Å². The average Bonchev–Trinajstić information content (AvgIpc) is 2.91. The lowest BCUT2D eigenvalue weighted by molar-refractivity contribution is 0.0925. The summed E-state index contributed by atoms with van der Waals surface area (Å²) in [5.74, 6) is 0.877. The number of carbonyl (C=O) groups is 1. The Balaban J connectivity index is 2.13. The van der Waals surface area contributed by atoms with Gasteiger partial charge in [-0.2, -0.15) is 5.10 Å². The van der Waals surface area contributed by atoms with Crippen molar-refractivity contribution in [3.63, 3.8) is 0 Å². The number of carbonyl (C=O) groups excluding carboxylic acids is 1. The van der Waals surface area contributed by atoms with Gasteiger partial charge in [0.25, 0.3) is 5.91 Å². The van der Waals surface area contributed by atoms with Gasteiger partial charge in [-0.1, -0.05) is 52.0 Å². The molecule has 0 aliphatic rings. The highest BCUT2D eigenvalue weighted by Gasteiger charge is 2.20. The smallest absolute Gasteiger partial charge is 0.254 e. The lowest BCUT2D eigenvalue weighted by Gasteiger charge is -2.23. The van der Waals surface area contributed by atoms with Crippen molar-refractivity contribution in [1.82, 2.24) is 15.1 Å². The number of benzene rings is 1. The highest BCUT2D eigenvalue weighted by molar-refractivity contribution is 5.93. The number of nitrogens with one attached hydrogen (secondary N) is 1. The summed E-state index contributed by atoms with van der Waals surface area (Å²) in [7, 11) is 1.81. The van der Waals surface area contributed by atoms with E-state index in [9.17, 15) is 4.79 Å². The molecule has 2 aromatic rings. The molecule has 0 saturated carbocycles. The van der Waals surface area contributed by atoms with E-state index in [-0.39, 0.29) is 11.9 Å². The van der Waals surface area contributed by atoms with E-state index in [4.69, 9.17) is 0 Å². The highest BCUT2D eigenvalue weighted by Crippen LogP contribution is 2.23. The summed E-state index contributed by atoms with van der Waals surface area (Å²) in [6, 6.07) is 8.59. The van der Waals surface area contributed by atoms with E-state index in [0.717, 1.165) is 12.0 Å². The van der Waals surface area contributed by atoms with Crippen LogP contribution in [0.4, 0.5) is 0 Å². The van der Waals surface area contributed by atoms with Crippen molar-refractivity contribution in [3.05, 3.63) is 53.3 Å². The number of aryl methyl sites for hydroxylation is 1. The molecule has 0 fully saturated rings. The van der Waals surface area contributed by atoms with Crippen molar-refractivity contribution < 1.29 is 4.79 Å². The van der Waals surface area contributed by atoms with Crippen molar-refractivity contribution >= 4 is 5.91 Å². The predicted molar refractivity (Wildman–Crippen MR) is 93.2 cm³/mol. The lowest BCUT2D eigenvalue weighted by Crippen LogP contribution is -2.31. The first-order chi connectivity index (χ1) is 10.9. The second kappa shape index (κ2) is 7.44. The Morgan fingerprint density at radius 1 is 1.17 bits per heavy atom. The number of aromatic nitrogens is 2. The Bertz CT molecular complexity index is 641. The molecule has 4 heteroatoms. The number of hydrogen-bond donors (Lipinski definition) is 1. The fraction of sp³-hybridized carbons (Fsp3) is 0.474. The summed E-state index contributed by atoms with van der Waals surface area (Å²) in [6.45, 7) is 8.68. The molecule has 4 nitrogen and oxygen atoms in total. The molecule has 0 unspecified atom stereocenters. The Labute approximate surface area is 138 Å². The van der Waals surface area contributed by atoms with Crippen LogP contribution in [0.1, 0.15) is 55.2 Å². The Morgan fingerprint density at radius 2 is 1.83 bits per heavy atom. The third kappa shape index (κ3) is 4.68. The van der Waals surface area contributed by atoms with Crippen LogP contribution in [0.15, 0.2) is 36.7 Å². The molecule has 1 amide bonds. The molecule has 0 saturated heterocycles. The zero-order chi connectivity index (χ0) is 17.0. The standard InChI is InChI=1S/C19H27N3O/c1-13(2)10-15-6-8-16(9-7-15)18(14(3)4)21-19(23)17-11-20-22(5)12-17/h6-9,11-14,18H,10H2,1-5H3,(H,21,23)/t18-/m1/s1. The number of hydrogen-bond acceptors (Lipinski definition) is 2. The second-order valence-corrected chi connectivity index (χ2v) is 6.94. The lowest BCUT2D eigenvalue weighted by atomic mass is 9.93. The summed E-state index contributed by atoms with van der Waals surface area (Å²) >= 11 is 0. The maximum Gasteiger partial charge on any atom is 0.254 e. The van der Waals surface area contributed by atoms with Crippen LogP contribution in [0, 0.1) is 11.8 Å². The van der Waals surface area contributed by atoms with Gasteiger partial charge in [-0.3, -0.25) is 9.48 Å². The summed E-state index contributed by atoms with van der Waals surface area (Å²) in [5.41, 5.74) is 3.07.